The number of alkyl halides is 3. The van der Waals surface area contributed by atoms with Crippen LogP contribution in [0.3, 0.4) is 0 Å². The lowest BCUT2D eigenvalue weighted by Crippen LogP contribution is -2.39. The minimum Gasteiger partial charge on any atom is -0.344 e. The highest BCUT2D eigenvalue weighted by Crippen LogP contribution is 2.48. The first kappa shape index (κ1) is 29.3. The Morgan fingerprint density at radius 2 is 1.40 bits per heavy atom. The predicted molar refractivity (Wildman–Crippen MR) is 150 cm³/mol. The van der Waals surface area contributed by atoms with Gasteiger partial charge in [0.2, 0.25) is 0 Å². The van der Waals surface area contributed by atoms with Gasteiger partial charge in [0, 0.05) is 35.1 Å². The van der Waals surface area contributed by atoms with E-state index in [2.05, 4.69) is 0 Å². The normalized spacial score (nSPS) is 15.1. The fraction of sp³-hybridized carbons (Fsp3) is 0.138. The fourth-order valence-electron chi connectivity index (χ4n) is 4.74. The zero-order valence-corrected chi connectivity index (χ0v) is 23.7. The van der Waals surface area contributed by atoms with E-state index in [0.717, 1.165) is 5.56 Å². The van der Waals surface area contributed by atoms with Crippen molar-refractivity contribution in [1.82, 2.24) is 0 Å². The van der Waals surface area contributed by atoms with Gasteiger partial charge in [0.1, 0.15) is 6.10 Å². The maximum atomic E-state index is 14.3. The summed E-state index contributed by atoms with van der Waals surface area (Å²) in [6.07, 6.45) is -1.92. The van der Waals surface area contributed by atoms with Crippen molar-refractivity contribution >= 4 is 43.1 Å². The third-order valence-corrected chi connectivity index (χ3v) is 9.50. The van der Waals surface area contributed by atoms with Gasteiger partial charge in [-0.1, -0.05) is 60.2 Å². The van der Waals surface area contributed by atoms with Gasteiger partial charge < -0.3 is 4.90 Å². The number of carbonyl (C=O) groups is 1. The van der Waals surface area contributed by atoms with Gasteiger partial charge in [0.15, 0.2) is 0 Å². The molecule has 4 aromatic carbocycles. The van der Waals surface area contributed by atoms with Crippen LogP contribution >= 0.6 is 0 Å². The maximum Gasteiger partial charge on any atom is 0.523 e. The van der Waals surface area contributed by atoms with Crippen molar-refractivity contribution in [2.75, 3.05) is 16.3 Å². The molecule has 5 rings (SSSR count). The van der Waals surface area contributed by atoms with Crippen LogP contribution in [0.5, 0.6) is 0 Å². The van der Waals surface area contributed by atoms with Crippen molar-refractivity contribution in [2.24, 2.45) is 0 Å². The van der Waals surface area contributed by atoms with Crippen molar-refractivity contribution < 1.29 is 39.0 Å². The number of hydrogen-bond donors (Lipinski definition) is 0. The molecule has 4 aromatic rings. The molecule has 0 aliphatic carbocycles. The molecular formula is C29H23F3N2O6S2. The number of benzene rings is 4. The summed E-state index contributed by atoms with van der Waals surface area (Å²) >= 11 is 0. The van der Waals surface area contributed by atoms with Gasteiger partial charge in [-0.2, -0.15) is 25.9 Å². The highest BCUT2D eigenvalue weighted by atomic mass is 32.2. The van der Waals surface area contributed by atoms with Gasteiger partial charge in [-0.15, -0.1) is 0 Å². The van der Waals surface area contributed by atoms with E-state index in [1.165, 1.54) is 66.7 Å². The Kier molecular flexibility index (Phi) is 7.37. The summed E-state index contributed by atoms with van der Waals surface area (Å²) in [6, 6.07) is 23.4. The van der Waals surface area contributed by atoms with Crippen LogP contribution in [0, 0.1) is 6.92 Å². The molecule has 0 radical (unpaired) electrons. The molecule has 1 aliphatic heterocycles. The second-order valence-electron chi connectivity index (χ2n) is 9.46. The van der Waals surface area contributed by atoms with E-state index in [0.29, 0.717) is 9.99 Å². The fourth-order valence-corrected chi connectivity index (χ4v) is 6.71. The highest BCUT2D eigenvalue weighted by Gasteiger charge is 2.50. The largest absolute Gasteiger partial charge is 0.523 e. The van der Waals surface area contributed by atoms with E-state index in [1.807, 2.05) is 0 Å². The number of fused-ring (bicyclic) bond motifs is 2. The molecule has 13 heteroatoms. The number of para-hydroxylation sites is 2. The molecule has 0 saturated carbocycles. The van der Waals surface area contributed by atoms with Crippen LogP contribution in [0.15, 0.2) is 102 Å². The quantitative estimate of drug-likeness (QED) is 0.192. The molecule has 1 unspecified atom stereocenters. The number of sulfonamides is 1. The topological polar surface area (TPSA) is 101 Å². The van der Waals surface area contributed by atoms with Crippen molar-refractivity contribution in [1.29, 1.82) is 0 Å². The summed E-state index contributed by atoms with van der Waals surface area (Å²) < 4.78 is 98.4. The first-order valence-corrected chi connectivity index (χ1v) is 15.3. The first-order valence-electron chi connectivity index (χ1n) is 12.4. The third kappa shape index (κ3) is 5.03. The third-order valence-electron chi connectivity index (χ3n) is 6.76. The molecule has 218 valence electrons. The molecule has 0 bridgehead atoms. The molecule has 0 spiro atoms. The zero-order valence-electron chi connectivity index (χ0n) is 22.1. The van der Waals surface area contributed by atoms with E-state index in [4.69, 9.17) is 4.18 Å². The Balaban J connectivity index is 1.75. The zero-order chi connectivity index (χ0) is 30.4. The van der Waals surface area contributed by atoms with Crippen LogP contribution in [0.1, 0.15) is 33.2 Å². The second-order valence-corrected chi connectivity index (χ2v) is 12.8. The molecule has 8 nitrogen and oxygen atoms in total. The van der Waals surface area contributed by atoms with Crippen LogP contribution in [-0.2, 0) is 24.3 Å². The number of hydrogen-bond acceptors (Lipinski definition) is 7. The SMILES string of the molecule is Cc1ccc(S(=O)(=O)N(C(=O)c2cccc3c2C(OS(=O)(=O)C(F)(F)F)c2ccccc2N3C)c2ccccc2)cc1. The monoisotopic (exact) mass is 616 g/mol. The van der Waals surface area contributed by atoms with Gasteiger partial charge in [0.25, 0.3) is 15.9 Å². The Labute approximate surface area is 240 Å². The number of amides is 1. The van der Waals surface area contributed by atoms with Crippen LogP contribution in [0.4, 0.5) is 30.2 Å². The minimum atomic E-state index is -6.15. The molecule has 1 atom stereocenters. The molecule has 1 amide bonds. The molecule has 0 aromatic heterocycles. The van der Waals surface area contributed by atoms with Crippen LogP contribution in [-0.4, -0.2) is 35.3 Å². The Morgan fingerprint density at radius 3 is 2.05 bits per heavy atom. The summed E-state index contributed by atoms with van der Waals surface area (Å²) in [5, 5.41) is 0. The molecule has 0 fully saturated rings. The number of carbonyl (C=O) groups excluding carboxylic acids is 1. The van der Waals surface area contributed by atoms with E-state index < -0.39 is 37.7 Å². The molecule has 42 heavy (non-hydrogen) atoms. The van der Waals surface area contributed by atoms with Crippen molar-refractivity contribution in [3.05, 3.63) is 119 Å². The molecule has 0 N–H and O–H groups in total. The van der Waals surface area contributed by atoms with Crippen LogP contribution in [0.2, 0.25) is 0 Å². The lowest BCUT2D eigenvalue weighted by molar-refractivity contribution is -0.0563. The minimum absolute atomic E-state index is 0.0354. The van der Waals surface area contributed by atoms with E-state index >= 15 is 0 Å². The summed E-state index contributed by atoms with van der Waals surface area (Å²) in [5.74, 6) is -1.12. The number of halogens is 3. The van der Waals surface area contributed by atoms with Crippen molar-refractivity contribution in [3.63, 3.8) is 0 Å². The number of anilines is 3. The standard InChI is InChI=1S/C29H23F3N2O6S2/c1-19-15-17-21(18-16-19)41(36,37)34(20-9-4-3-5-10-20)28(35)23-12-8-14-25-26(23)27(40-42(38,39)29(30,31)32)22-11-6-7-13-24(22)33(25)2/h3-18,27H,1-2H3. The maximum absolute atomic E-state index is 14.3. The highest BCUT2D eigenvalue weighted by molar-refractivity contribution is 7.93. The first-order chi connectivity index (χ1) is 19.7. The lowest BCUT2D eigenvalue weighted by Gasteiger charge is -2.36. The van der Waals surface area contributed by atoms with E-state index in [9.17, 15) is 34.8 Å². The molecule has 1 aliphatic rings. The van der Waals surface area contributed by atoms with Crippen LogP contribution < -0.4 is 9.21 Å². The molecule has 1 heterocycles. The lowest BCUT2D eigenvalue weighted by atomic mass is 9.89. The summed E-state index contributed by atoms with van der Waals surface area (Å²) in [6.45, 7) is 1.76. The van der Waals surface area contributed by atoms with E-state index in [-0.39, 0.29) is 33.0 Å². The number of nitrogens with zero attached hydrogens (tertiary/aromatic N) is 2. The molecular weight excluding hydrogens is 593 g/mol. The van der Waals surface area contributed by atoms with Gasteiger partial charge in [0.05, 0.1) is 10.6 Å². The predicted octanol–water partition coefficient (Wildman–Crippen LogP) is 6.07. The van der Waals surface area contributed by atoms with E-state index in [1.54, 1.807) is 49.2 Å². The Morgan fingerprint density at radius 1 is 0.810 bits per heavy atom. The smallest absolute Gasteiger partial charge is 0.344 e. The second kappa shape index (κ2) is 10.6. The van der Waals surface area contributed by atoms with Gasteiger partial charge in [-0.05, 0) is 49.4 Å². The molecule has 0 saturated heterocycles. The average Bonchev–Trinajstić information content (AvgIpc) is 2.95. The summed E-state index contributed by atoms with van der Waals surface area (Å²) in [5.41, 5.74) is -5.09. The van der Waals surface area contributed by atoms with Gasteiger partial charge in [-0.25, -0.2) is 12.6 Å². The van der Waals surface area contributed by atoms with Gasteiger partial charge >= 0.3 is 15.6 Å². The summed E-state index contributed by atoms with van der Waals surface area (Å²) in [7, 11) is -9.13. The van der Waals surface area contributed by atoms with Crippen molar-refractivity contribution in [3.8, 4) is 0 Å². The van der Waals surface area contributed by atoms with Crippen molar-refractivity contribution in [2.45, 2.75) is 23.4 Å². The van der Waals surface area contributed by atoms with Crippen LogP contribution in [0.25, 0.3) is 0 Å². The number of rotatable bonds is 6. The summed E-state index contributed by atoms with van der Waals surface area (Å²) in [4.78, 5) is 15.7. The Hall–Kier alpha value is -4.20. The van der Waals surface area contributed by atoms with Gasteiger partial charge in [-0.3, -0.25) is 4.79 Å². The average molecular weight is 617 g/mol. The Bertz CT molecular complexity index is 1880. The number of aryl methyl sites for hydroxylation is 1.